The molecule has 2 amide bonds. The number of carbonyl (C=O) groups is 2. The van der Waals surface area contributed by atoms with Crippen LogP contribution in [0, 0.1) is 3.95 Å². The van der Waals surface area contributed by atoms with Gasteiger partial charge in [0.15, 0.2) is 3.95 Å². The summed E-state index contributed by atoms with van der Waals surface area (Å²) in [5, 5.41) is 9.65. The molecule has 7 nitrogen and oxygen atoms in total. The van der Waals surface area contributed by atoms with Crippen molar-refractivity contribution in [3.63, 3.8) is 0 Å². The molecule has 1 aliphatic heterocycles. The Bertz CT molecular complexity index is 804. The second-order valence-corrected chi connectivity index (χ2v) is 7.56. The van der Waals surface area contributed by atoms with Gasteiger partial charge in [-0.15, -0.1) is 5.10 Å². The molecule has 2 heterocycles. The number of benzene rings is 1. The minimum atomic E-state index is -0.664. The molecule has 25 heavy (non-hydrogen) atoms. The number of nitrogens with two attached hydrogens (primary N) is 1. The molecule has 1 fully saturated rings. The van der Waals surface area contributed by atoms with Crippen LogP contribution in [0.25, 0.3) is 0 Å². The number of nitrogens with one attached hydrogen (secondary N) is 2. The lowest BCUT2D eigenvalue weighted by Gasteiger charge is -2.26. The lowest BCUT2D eigenvalue weighted by atomic mass is 10.1. The van der Waals surface area contributed by atoms with E-state index in [-0.39, 0.29) is 11.8 Å². The van der Waals surface area contributed by atoms with Crippen molar-refractivity contribution in [3.05, 3.63) is 39.8 Å². The molecule has 0 spiro atoms. The van der Waals surface area contributed by atoms with E-state index in [1.807, 2.05) is 30.3 Å². The summed E-state index contributed by atoms with van der Waals surface area (Å²) in [6.45, 7) is 0.537. The lowest BCUT2D eigenvalue weighted by Crippen LogP contribution is -2.50. The Morgan fingerprint density at radius 1 is 1.44 bits per heavy atom. The van der Waals surface area contributed by atoms with Gasteiger partial charge in [0.1, 0.15) is 6.04 Å². The maximum Gasteiger partial charge on any atom is 0.249 e. The highest BCUT2D eigenvalue weighted by molar-refractivity contribution is 7.73. The van der Waals surface area contributed by atoms with Gasteiger partial charge in [0.2, 0.25) is 16.9 Å². The Balaban J connectivity index is 1.64. The number of rotatable bonds is 5. The first-order valence-corrected chi connectivity index (χ1v) is 9.23. The van der Waals surface area contributed by atoms with E-state index in [1.165, 1.54) is 11.3 Å². The van der Waals surface area contributed by atoms with Crippen LogP contribution in [-0.2, 0) is 16.0 Å². The summed E-state index contributed by atoms with van der Waals surface area (Å²) in [6.07, 6.45) is 1.84. The third kappa shape index (κ3) is 4.30. The van der Waals surface area contributed by atoms with Gasteiger partial charge in [0.05, 0.1) is 6.04 Å². The fraction of sp³-hybridized carbons (Fsp3) is 0.375. The maximum absolute atomic E-state index is 12.7. The molecule has 0 bridgehead atoms. The van der Waals surface area contributed by atoms with E-state index in [0.717, 1.165) is 12.0 Å². The number of aromatic nitrogens is 2. The van der Waals surface area contributed by atoms with Gasteiger partial charge >= 0.3 is 0 Å². The van der Waals surface area contributed by atoms with Crippen molar-refractivity contribution in [3.8, 4) is 0 Å². The van der Waals surface area contributed by atoms with E-state index in [1.54, 1.807) is 4.90 Å². The molecule has 1 saturated heterocycles. The molecule has 1 aliphatic rings. The van der Waals surface area contributed by atoms with Gasteiger partial charge in [-0.25, -0.2) is 0 Å². The summed E-state index contributed by atoms with van der Waals surface area (Å²) in [7, 11) is 0. The van der Waals surface area contributed by atoms with Crippen molar-refractivity contribution < 1.29 is 9.59 Å². The quantitative estimate of drug-likeness (QED) is 0.688. The zero-order chi connectivity index (χ0) is 17.8. The van der Waals surface area contributed by atoms with E-state index in [9.17, 15) is 9.59 Å². The van der Waals surface area contributed by atoms with Crippen LogP contribution in [0.15, 0.2) is 30.3 Å². The molecule has 0 aliphatic carbocycles. The summed E-state index contributed by atoms with van der Waals surface area (Å²) in [6, 6.07) is 8.44. The Morgan fingerprint density at radius 2 is 2.20 bits per heavy atom. The first-order chi connectivity index (χ1) is 12.0. The van der Waals surface area contributed by atoms with Crippen LogP contribution in [0.4, 0.5) is 5.13 Å². The van der Waals surface area contributed by atoms with Crippen molar-refractivity contribution >= 4 is 40.5 Å². The highest BCUT2D eigenvalue weighted by Crippen LogP contribution is 2.21. The number of carbonyl (C=O) groups excluding carboxylic acids is 2. The molecular formula is C16H19N5O2S2. The minimum absolute atomic E-state index is 0.198. The second kappa shape index (κ2) is 7.85. The topological polar surface area (TPSA) is 104 Å². The number of nitrogens with zero attached hydrogens (tertiary/aromatic N) is 2. The van der Waals surface area contributed by atoms with Crippen molar-refractivity contribution in [2.75, 3.05) is 11.9 Å². The number of amides is 2. The third-order valence-electron chi connectivity index (χ3n) is 4.12. The number of likely N-dealkylation sites (tertiary alicyclic amines) is 1. The zero-order valence-electron chi connectivity index (χ0n) is 13.5. The first kappa shape index (κ1) is 17.7. The molecule has 3 rings (SSSR count). The van der Waals surface area contributed by atoms with E-state index >= 15 is 0 Å². The van der Waals surface area contributed by atoms with Crippen molar-refractivity contribution in [2.45, 2.75) is 31.3 Å². The highest BCUT2D eigenvalue weighted by Gasteiger charge is 2.36. The molecule has 1 aromatic carbocycles. The van der Waals surface area contributed by atoms with Crippen LogP contribution >= 0.6 is 23.6 Å². The lowest BCUT2D eigenvalue weighted by molar-refractivity contribution is -0.137. The standard InChI is InChI=1S/C16H19N5O2S2/c17-11(9-10-5-2-1-3-6-10)14(23)21-8-4-7-12(21)13(22)18-15-19-20-16(24)25-15/h1-3,5-6,11-12H,4,7-9,17H2,(H,20,24)(H,18,19,22). The summed E-state index contributed by atoms with van der Waals surface area (Å²) in [5.74, 6) is -0.452. The molecule has 4 N–H and O–H groups in total. The Morgan fingerprint density at radius 3 is 2.88 bits per heavy atom. The third-order valence-corrected chi connectivity index (χ3v) is 5.13. The van der Waals surface area contributed by atoms with Gasteiger partial charge in [-0.3, -0.25) is 20.0 Å². The molecule has 2 atom stereocenters. The monoisotopic (exact) mass is 377 g/mol. The first-order valence-electron chi connectivity index (χ1n) is 8.01. The maximum atomic E-state index is 12.7. The molecular weight excluding hydrogens is 358 g/mol. The normalized spacial score (nSPS) is 18.1. The van der Waals surface area contributed by atoms with Crippen molar-refractivity contribution in [1.82, 2.24) is 15.1 Å². The summed E-state index contributed by atoms with van der Waals surface area (Å²) in [5.41, 5.74) is 7.10. The van der Waals surface area contributed by atoms with Crippen LogP contribution in [0.1, 0.15) is 18.4 Å². The summed E-state index contributed by atoms with van der Waals surface area (Å²) < 4.78 is 0.486. The van der Waals surface area contributed by atoms with E-state index in [4.69, 9.17) is 18.0 Å². The zero-order valence-corrected chi connectivity index (χ0v) is 15.1. The molecule has 1 aromatic heterocycles. The highest BCUT2D eigenvalue weighted by atomic mass is 32.1. The Labute approximate surface area is 154 Å². The predicted octanol–water partition coefficient (Wildman–Crippen LogP) is 1.70. The number of hydrogen-bond donors (Lipinski definition) is 3. The number of anilines is 1. The van der Waals surface area contributed by atoms with Gasteiger partial charge in [0, 0.05) is 6.54 Å². The van der Waals surface area contributed by atoms with Crippen LogP contribution in [0.3, 0.4) is 0 Å². The molecule has 2 unspecified atom stereocenters. The molecule has 9 heteroatoms. The SMILES string of the molecule is NC(Cc1ccccc1)C(=O)N1CCCC1C(=O)Nc1n[nH]c(=S)s1. The number of H-pyrrole nitrogens is 1. The smallest absolute Gasteiger partial charge is 0.249 e. The van der Waals surface area contributed by atoms with Gasteiger partial charge in [0.25, 0.3) is 0 Å². The van der Waals surface area contributed by atoms with Crippen LogP contribution in [-0.4, -0.2) is 45.5 Å². The average Bonchev–Trinajstić information content (AvgIpc) is 3.24. The summed E-state index contributed by atoms with van der Waals surface area (Å²) in [4.78, 5) is 26.8. The van der Waals surface area contributed by atoms with Gasteiger partial charge in [-0.05, 0) is 37.0 Å². The van der Waals surface area contributed by atoms with E-state index in [0.29, 0.717) is 28.5 Å². The number of aromatic amines is 1. The molecule has 0 saturated carbocycles. The molecule has 132 valence electrons. The van der Waals surface area contributed by atoms with E-state index in [2.05, 4.69) is 15.5 Å². The van der Waals surface area contributed by atoms with E-state index < -0.39 is 12.1 Å². The van der Waals surface area contributed by atoms with Crippen LogP contribution < -0.4 is 11.1 Å². The average molecular weight is 377 g/mol. The van der Waals surface area contributed by atoms with Gasteiger partial charge < -0.3 is 10.6 Å². The Hall–Kier alpha value is -2.10. The van der Waals surface area contributed by atoms with Gasteiger partial charge in [-0.1, -0.05) is 41.7 Å². The van der Waals surface area contributed by atoms with Crippen LogP contribution in [0.5, 0.6) is 0 Å². The molecule has 2 aromatic rings. The molecule has 0 radical (unpaired) electrons. The number of hydrogen-bond acceptors (Lipinski definition) is 6. The van der Waals surface area contributed by atoms with Crippen molar-refractivity contribution in [2.24, 2.45) is 5.73 Å². The fourth-order valence-corrected chi connectivity index (χ4v) is 3.74. The summed E-state index contributed by atoms with van der Waals surface area (Å²) >= 11 is 6.13. The van der Waals surface area contributed by atoms with Crippen LogP contribution in [0.2, 0.25) is 0 Å². The van der Waals surface area contributed by atoms with Gasteiger partial charge in [-0.2, -0.15) is 0 Å². The van der Waals surface area contributed by atoms with Crippen molar-refractivity contribution in [1.29, 1.82) is 0 Å². The fourth-order valence-electron chi connectivity index (χ4n) is 2.94. The Kier molecular flexibility index (Phi) is 5.57. The second-order valence-electron chi connectivity index (χ2n) is 5.89. The largest absolute Gasteiger partial charge is 0.329 e. The predicted molar refractivity (Wildman–Crippen MR) is 98.8 cm³/mol. The minimum Gasteiger partial charge on any atom is -0.329 e.